The molecule has 1 heterocycles. The van der Waals surface area contributed by atoms with Gasteiger partial charge in [-0.05, 0) is 18.9 Å². The number of ketones is 1. The van der Waals surface area contributed by atoms with Gasteiger partial charge in [-0.2, -0.15) is 4.31 Å². The number of nitrogens with zero attached hydrogens (tertiary/aromatic N) is 2. The number of nitro groups is 1. The standard InChI is InChI=1S/C18H18N2O5S/c21-18(14-5-2-1-3-6-14)15-9-11-19(12-10-15)26(24,25)17-8-4-7-16(13-17)20(22)23/h1-8,13,15H,9-12H2. The van der Waals surface area contributed by atoms with E-state index in [1.54, 1.807) is 24.3 Å². The Morgan fingerprint density at radius 3 is 2.31 bits per heavy atom. The van der Waals surface area contributed by atoms with Crippen LogP contribution in [-0.4, -0.2) is 36.5 Å². The fourth-order valence-corrected chi connectivity index (χ4v) is 4.61. The van der Waals surface area contributed by atoms with Gasteiger partial charge < -0.3 is 0 Å². The molecule has 1 saturated heterocycles. The number of carbonyl (C=O) groups is 1. The van der Waals surface area contributed by atoms with Crippen molar-refractivity contribution in [2.24, 2.45) is 5.92 Å². The molecule has 2 aromatic rings. The maximum atomic E-state index is 12.7. The first-order valence-electron chi connectivity index (χ1n) is 8.23. The molecule has 2 aromatic carbocycles. The van der Waals surface area contributed by atoms with Crippen molar-refractivity contribution in [1.82, 2.24) is 4.31 Å². The molecule has 26 heavy (non-hydrogen) atoms. The third-order valence-corrected chi connectivity index (χ3v) is 6.44. The van der Waals surface area contributed by atoms with Gasteiger partial charge in [0, 0.05) is 36.7 Å². The number of benzene rings is 2. The van der Waals surface area contributed by atoms with Crippen molar-refractivity contribution in [1.29, 1.82) is 0 Å². The molecule has 8 heteroatoms. The molecule has 7 nitrogen and oxygen atoms in total. The highest BCUT2D eigenvalue weighted by Gasteiger charge is 2.32. The van der Waals surface area contributed by atoms with Gasteiger partial charge in [-0.25, -0.2) is 8.42 Å². The van der Waals surface area contributed by atoms with E-state index in [1.165, 1.54) is 22.5 Å². The Kier molecular flexibility index (Phi) is 5.15. The SMILES string of the molecule is O=C(c1ccccc1)C1CCN(S(=O)(=O)c2cccc([N+](=O)[O-])c2)CC1. The van der Waals surface area contributed by atoms with Crippen molar-refractivity contribution in [2.45, 2.75) is 17.7 Å². The number of hydrogen-bond donors (Lipinski definition) is 0. The van der Waals surface area contributed by atoms with E-state index in [4.69, 9.17) is 0 Å². The van der Waals surface area contributed by atoms with Crippen molar-refractivity contribution in [3.05, 3.63) is 70.3 Å². The molecule has 1 aliphatic heterocycles. The van der Waals surface area contributed by atoms with Crippen LogP contribution in [0.15, 0.2) is 59.5 Å². The minimum atomic E-state index is -3.81. The normalized spacial score (nSPS) is 16.3. The van der Waals surface area contributed by atoms with Gasteiger partial charge in [0.2, 0.25) is 10.0 Å². The van der Waals surface area contributed by atoms with Crippen LogP contribution in [0.3, 0.4) is 0 Å². The molecule has 0 unspecified atom stereocenters. The largest absolute Gasteiger partial charge is 0.294 e. The summed E-state index contributed by atoms with van der Waals surface area (Å²) in [6, 6.07) is 14.0. The maximum absolute atomic E-state index is 12.7. The number of sulfonamides is 1. The van der Waals surface area contributed by atoms with Crippen LogP contribution < -0.4 is 0 Å². The summed E-state index contributed by atoms with van der Waals surface area (Å²) in [7, 11) is -3.81. The van der Waals surface area contributed by atoms with Gasteiger partial charge in [0.05, 0.1) is 9.82 Å². The summed E-state index contributed by atoms with van der Waals surface area (Å²) in [5, 5.41) is 10.9. The number of carbonyl (C=O) groups excluding carboxylic acids is 1. The zero-order valence-electron chi connectivity index (χ0n) is 13.9. The second kappa shape index (κ2) is 7.35. The van der Waals surface area contributed by atoms with Crippen LogP contribution in [0.4, 0.5) is 5.69 Å². The van der Waals surface area contributed by atoms with E-state index in [1.807, 2.05) is 6.07 Å². The summed E-state index contributed by atoms with van der Waals surface area (Å²) < 4.78 is 26.7. The predicted molar refractivity (Wildman–Crippen MR) is 95.4 cm³/mol. The van der Waals surface area contributed by atoms with E-state index in [2.05, 4.69) is 0 Å². The lowest BCUT2D eigenvalue weighted by Gasteiger charge is -2.30. The molecule has 136 valence electrons. The Labute approximate surface area is 151 Å². The molecule has 1 aliphatic rings. The van der Waals surface area contributed by atoms with Crippen LogP contribution in [-0.2, 0) is 10.0 Å². The molecular formula is C18H18N2O5S. The van der Waals surface area contributed by atoms with Gasteiger partial charge in [0.1, 0.15) is 0 Å². The highest BCUT2D eigenvalue weighted by molar-refractivity contribution is 7.89. The number of piperidine rings is 1. The van der Waals surface area contributed by atoms with E-state index in [0.29, 0.717) is 18.4 Å². The third-order valence-electron chi connectivity index (χ3n) is 4.55. The van der Waals surface area contributed by atoms with Crippen LogP contribution in [0.25, 0.3) is 0 Å². The van der Waals surface area contributed by atoms with E-state index in [9.17, 15) is 23.3 Å². The fraction of sp³-hybridized carbons (Fsp3) is 0.278. The Morgan fingerprint density at radius 2 is 1.69 bits per heavy atom. The molecule has 0 saturated carbocycles. The highest BCUT2D eigenvalue weighted by Crippen LogP contribution is 2.27. The van der Waals surface area contributed by atoms with E-state index in [0.717, 1.165) is 6.07 Å². The summed E-state index contributed by atoms with van der Waals surface area (Å²) in [6.45, 7) is 0.433. The molecule has 0 N–H and O–H groups in total. The van der Waals surface area contributed by atoms with Gasteiger partial charge in [0.15, 0.2) is 5.78 Å². The molecule has 3 rings (SSSR count). The van der Waals surface area contributed by atoms with Gasteiger partial charge in [-0.3, -0.25) is 14.9 Å². The second-order valence-corrected chi connectivity index (χ2v) is 8.10. The maximum Gasteiger partial charge on any atom is 0.270 e. The van der Waals surface area contributed by atoms with Crippen molar-refractivity contribution in [2.75, 3.05) is 13.1 Å². The molecule has 0 radical (unpaired) electrons. The van der Waals surface area contributed by atoms with Crippen molar-refractivity contribution in [3.63, 3.8) is 0 Å². The lowest BCUT2D eigenvalue weighted by Crippen LogP contribution is -2.40. The van der Waals surface area contributed by atoms with Crippen LogP contribution >= 0.6 is 0 Å². The first kappa shape index (κ1) is 18.2. The predicted octanol–water partition coefficient (Wildman–Crippen LogP) is 2.88. The Balaban J connectivity index is 1.72. The topological polar surface area (TPSA) is 97.6 Å². The van der Waals surface area contributed by atoms with Gasteiger partial charge in [0.25, 0.3) is 5.69 Å². The summed E-state index contributed by atoms with van der Waals surface area (Å²) in [5.41, 5.74) is 0.368. The van der Waals surface area contributed by atoms with Crippen LogP contribution in [0.2, 0.25) is 0 Å². The van der Waals surface area contributed by atoms with Gasteiger partial charge in [-0.15, -0.1) is 0 Å². The Morgan fingerprint density at radius 1 is 1.04 bits per heavy atom. The smallest absolute Gasteiger partial charge is 0.270 e. The molecule has 1 fully saturated rings. The summed E-state index contributed by atoms with van der Waals surface area (Å²) >= 11 is 0. The summed E-state index contributed by atoms with van der Waals surface area (Å²) in [6.07, 6.45) is 0.865. The third kappa shape index (κ3) is 3.66. The fourth-order valence-electron chi connectivity index (χ4n) is 3.10. The Bertz CT molecular complexity index is 920. The second-order valence-electron chi connectivity index (χ2n) is 6.16. The molecular weight excluding hydrogens is 356 g/mol. The van der Waals surface area contributed by atoms with Crippen molar-refractivity contribution < 1.29 is 18.1 Å². The summed E-state index contributed by atoms with van der Waals surface area (Å²) in [5.74, 6) is -0.188. The average molecular weight is 374 g/mol. The first-order chi connectivity index (χ1) is 12.4. The van der Waals surface area contributed by atoms with Crippen LogP contribution in [0.1, 0.15) is 23.2 Å². The van der Waals surface area contributed by atoms with Gasteiger partial charge in [-0.1, -0.05) is 36.4 Å². The average Bonchev–Trinajstić information content (AvgIpc) is 2.68. The number of rotatable bonds is 5. The zero-order chi connectivity index (χ0) is 18.7. The van der Waals surface area contributed by atoms with E-state index < -0.39 is 14.9 Å². The lowest BCUT2D eigenvalue weighted by molar-refractivity contribution is -0.385. The molecule has 0 bridgehead atoms. The molecule has 0 aliphatic carbocycles. The molecule has 0 amide bonds. The summed E-state index contributed by atoms with van der Waals surface area (Å²) in [4.78, 5) is 22.7. The van der Waals surface area contributed by atoms with E-state index >= 15 is 0 Å². The minimum Gasteiger partial charge on any atom is -0.294 e. The van der Waals surface area contributed by atoms with Crippen molar-refractivity contribution >= 4 is 21.5 Å². The van der Waals surface area contributed by atoms with Crippen molar-refractivity contribution in [3.8, 4) is 0 Å². The van der Waals surface area contributed by atoms with Crippen LogP contribution in [0.5, 0.6) is 0 Å². The van der Waals surface area contributed by atoms with Gasteiger partial charge >= 0.3 is 0 Å². The molecule has 0 atom stereocenters. The molecule has 0 aromatic heterocycles. The minimum absolute atomic E-state index is 0.0259. The number of nitro benzene ring substituents is 1. The number of Topliss-reactive ketones (excluding diaryl/α,β-unsaturated/α-hetero) is 1. The zero-order valence-corrected chi connectivity index (χ0v) is 14.8. The van der Waals surface area contributed by atoms with E-state index in [-0.39, 0.29) is 35.4 Å². The number of non-ortho nitro benzene ring substituents is 1. The quantitative estimate of drug-likeness (QED) is 0.455. The monoisotopic (exact) mass is 374 g/mol. The number of hydrogen-bond acceptors (Lipinski definition) is 5. The highest BCUT2D eigenvalue weighted by atomic mass is 32.2. The lowest BCUT2D eigenvalue weighted by atomic mass is 9.90. The first-order valence-corrected chi connectivity index (χ1v) is 9.67. The van der Waals surface area contributed by atoms with Crippen LogP contribution in [0, 0.1) is 16.0 Å². The Hall–Kier alpha value is -2.58. The molecule has 0 spiro atoms.